The van der Waals surface area contributed by atoms with E-state index in [0.29, 0.717) is 0 Å². The van der Waals surface area contributed by atoms with E-state index in [9.17, 15) is 0 Å². The van der Waals surface area contributed by atoms with Gasteiger partial charge in [0.2, 0.25) is 0 Å². The first-order valence-electron chi connectivity index (χ1n) is 5.24. The molecule has 0 unspecified atom stereocenters. The van der Waals surface area contributed by atoms with Gasteiger partial charge in [-0.1, -0.05) is 0 Å². The molecule has 0 aromatic rings. The Balaban J connectivity index is 2.63. The van der Waals surface area contributed by atoms with Crippen molar-refractivity contribution in [2.75, 3.05) is 26.2 Å². The maximum absolute atomic E-state index is 9.00. The fraction of sp³-hybridized carbons (Fsp3) is 0.909. The molecular formula is C11H21N3. The van der Waals surface area contributed by atoms with Gasteiger partial charge in [-0.05, 0) is 27.7 Å². The Morgan fingerprint density at radius 1 is 1.50 bits per heavy atom. The van der Waals surface area contributed by atoms with Crippen molar-refractivity contribution in [1.82, 2.24) is 10.2 Å². The molecule has 0 atom stereocenters. The van der Waals surface area contributed by atoms with E-state index in [1.807, 2.05) is 13.8 Å². The minimum absolute atomic E-state index is 0.173. The zero-order chi connectivity index (χ0) is 10.8. The second-order valence-electron chi connectivity index (χ2n) is 5.41. The van der Waals surface area contributed by atoms with E-state index in [1.54, 1.807) is 0 Å². The van der Waals surface area contributed by atoms with Gasteiger partial charge in [0.25, 0.3) is 0 Å². The molecule has 0 radical (unpaired) electrons. The minimum atomic E-state index is -0.241. The number of nitrogens with zero attached hydrogens (tertiary/aromatic N) is 2. The third kappa shape index (κ3) is 2.70. The van der Waals surface area contributed by atoms with Gasteiger partial charge in [-0.25, -0.2) is 0 Å². The Bertz CT molecular complexity index is 237. The van der Waals surface area contributed by atoms with Crippen LogP contribution in [0.4, 0.5) is 0 Å². The smallest absolute Gasteiger partial charge is 0.0697 e. The van der Waals surface area contributed by atoms with Crippen LogP contribution in [0.15, 0.2) is 0 Å². The van der Waals surface area contributed by atoms with Gasteiger partial charge in [-0.3, -0.25) is 4.90 Å². The molecular weight excluding hydrogens is 174 g/mol. The van der Waals surface area contributed by atoms with Crippen LogP contribution >= 0.6 is 0 Å². The Morgan fingerprint density at radius 3 is 2.64 bits per heavy atom. The molecule has 0 amide bonds. The number of hydrogen-bond donors (Lipinski definition) is 1. The molecule has 1 heterocycles. The van der Waals surface area contributed by atoms with Crippen LogP contribution in [-0.2, 0) is 0 Å². The number of hydrogen-bond acceptors (Lipinski definition) is 3. The second-order valence-corrected chi connectivity index (χ2v) is 5.41. The first-order chi connectivity index (χ1) is 6.37. The highest BCUT2D eigenvalue weighted by atomic mass is 15.3. The molecule has 0 aromatic carbocycles. The molecule has 0 spiro atoms. The van der Waals surface area contributed by atoms with Crippen molar-refractivity contribution in [2.24, 2.45) is 5.41 Å². The predicted molar refractivity (Wildman–Crippen MR) is 57.9 cm³/mol. The lowest BCUT2D eigenvalue weighted by molar-refractivity contribution is 0.0652. The first kappa shape index (κ1) is 11.5. The molecule has 14 heavy (non-hydrogen) atoms. The molecule has 1 aliphatic rings. The topological polar surface area (TPSA) is 39.1 Å². The fourth-order valence-electron chi connectivity index (χ4n) is 1.83. The van der Waals surface area contributed by atoms with E-state index in [-0.39, 0.29) is 11.0 Å². The van der Waals surface area contributed by atoms with E-state index in [0.717, 1.165) is 26.2 Å². The molecule has 80 valence electrons. The van der Waals surface area contributed by atoms with Gasteiger partial charge in [0, 0.05) is 31.7 Å². The number of piperazine rings is 1. The molecule has 3 heteroatoms. The summed E-state index contributed by atoms with van der Waals surface area (Å²) < 4.78 is 0. The Labute approximate surface area is 87.1 Å². The Hall–Kier alpha value is -0.590. The van der Waals surface area contributed by atoms with Crippen molar-refractivity contribution in [2.45, 2.75) is 33.2 Å². The summed E-state index contributed by atoms with van der Waals surface area (Å²) in [4.78, 5) is 2.41. The predicted octanol–water partition coefficient (Wildman–Crippen LogP) is 1.22. The zero-order valence-corrected chi connectivity index (χ0v) is 9.72. The lowest BCUT2D eigenvalue weighted by Gasteiger charge is -2.44. The monoisotopic (exact) mass is 195 g/mol. The van der Waals surface area contributed by atoms with E-state index < -0.39 is 0 Å². The molecule has 0 aromatic heterocycles. The number of rotatable bonds is 2. The maximum atomic E-state index is 9.00. The van der Waals surface area contributed by atoms with E-state index in [1.165, 1.54) is 0 Å². The van der Waals surface area contributed by atoms with Gasteiger partial charge in [-0.15, -0.1) is 0 Å². The van der Waals surface area contributed by atoms with Crippen LogP contribution in [0.1, 0.15) is 27.7 Å². The number of nitrogens with one attached hydrogen (secondary N) is 1. The Morgan fingerprint density at radius 2 is 2.14 bits per heavy atom. The van der Waals surface area contributed by atoms with E-state index >= 15 is 0 Å². The summed E-state index contributed by atoms with van der Waals surface area (Å²) in [5.74, 6) is 0. The SMILES string of the molecule is CC(C)(C#N)CN1CCNCC1(C)C. The summed E-state index contributed by atoms with van der Waals surface area (Å²) in [7, 11) is 0. The van der Waals surface area contributed by atoms with Crippen LogP contribution in [-0.4, -0.2) is 36.6 Å². The summed E-state index contributed by atoms with van der Waals surface area (Å²) in [6, 6.07) is 2.36. The van der Waals surface area contributed by atoms with Gasteiger partial charge in [-0.2, -0.15) is 5.26 Å². The van der Waals surface area contributed by atoms with Crippen molar-refractivity contribution >= 4 is 0 Å². The van der Waals surface area contributed by atoms with E-state index in [4.69, 9.17) is 5.26 Å². The lowest BCUT2D eigenvalue weighted by atomic mass is 9.91. The first-order valence-corrected chi connectivity index (χ1v) is 5.24. The van der Waals surface area contributed by atoms with Crippen LogP contribution in [0.2, 0.25) is 0 Å². The van der Waals surface area contributed by atoms with Gasteiger partial charge in [0.05, 0.1) is 11.5 Å². The molecule has 3 nitrogen and oxygen atoms in total. The highest BCUT2D eigenvalue weighted by Crippen LogP contribution is 2.23. The normalized spacial score (nSPS) is 23.1. The van der Waals surface area contributed by atoms with Crippen molar-refractivity contribution in [3.8, 4) is 6.07 Å². The quantitative estimate of drug-likeness (QED) is 0.720. The highest BCUT2D eigenvalue weighted by molar-refractivity contribution is 4.98. The molecule has 0 aliphatic carbocycles. The van der Waals surface area contributed by atoms with Gasteiger partial charge in [0.15, 0.2) is 0 Å². The van der Waals surface area contributed by atoms with Gasteiger partial charge in [0.1, 0.15) is 0 Å². The molecule has 1 N–H and O–H groups in total. The molecule has 0 bridgehead atoms. The lowest BCUT2D eigenvalue weighted by Crippen LogP contribution is -2.59. The van der Waals surface area contributed by atoms with Crippen molar-refractivity contribution in [1.29, 1.82) is 5.26 Å². The van der Waals surface area contributed by atoms with Crippen LogP contribution in [0.25, 0.3) is 0 Å². The summed E-state index contributed by atoms with van der Waals surface area (Å²) >= 11 is 0. The average Bonchev–Trinajstić information content (AvgIpc) is 2.09. The maximum Gasteiger partial charge on any atom is 0.0697 e. The second kappa shape index (κ2) is 3.88. The Kier molecular flexibility index (Phi) is 3.18. The van der Waals surface area contributed by atoms with Crippen LogP contribution in [0.5, 0.6) is 0 Å². The molecule has 1 saturated heterocycles. The minimum Gasteiger partial charge on any atom is -0.314 e. The molecule has 1 fully saturated rings. The van der Waals surface area contributed by atoms with Crippen molar-refractivity contribution in [3.63, 3.8) is 0 Å². The summed E-state index contributed by atoms with van der Waals surface area (Å²) in [5.41, 5.74) is -0.0685. The van der Waals surface area contributed by atoms with Crippen molar-refractivity contribution < 1.29 is 0 Å². The number of nitriles is 1. The zero-order valence-electron chi connectivity index (χ0n) is 9.72. The highest BCUT2D eigenvalue weighted by Gasteiger charge is 2.33. The molecule has 1 aliphatic heterocycles. The van der Waals surface area contributed by atoms with Crippen LogP contribution in [0.3, 0.4) is 0 Å². The van der Waals surface area contributed by atoms with Gasteiger partial charge >= 0.3 is 0 Å². The third-order valence-electron chi connectivity index (χ3n) is 2.86. The summed E-state index contributed by atoms with van der Waals surface area (Å²) in [5, 5.41) is 12.4. The summed E-state index contributed by atoms with van der Waals surface area (Å²) in [6.45, 7) is 12.4. The van der Waals surface area contributed by atoms with Crippen LogP contribution in [0, 0.1) is 16.7 Å². The van der Waals surface area contributed by atoms with Gasteiger partial charge < -0.3 is 5.32 Å². The van der Waals surface area contributed by atoms with E-state index in [2.05, 4.69) is 30.1 Å². The molecule has 1 rings (SSSR count). The summed E-state index contributed by atoms with van der Waals surface area (Å²) in [6.07, 6.45) is 0. The largest absolute Gasteiger partial charge is 0.314 e. The third-order valence-corrected chi connectivity index (χ3v) is 2.86. The fourth-order valence-corrected chi connectivity index (χ4v) is 1.83. The van der Waals surface area contributed by atoms with Crippen LogP contribution < -0.4 is 5.32 Å². The standard InChI is InChI=1S/C11H21N3/c1-10(2,7-12)9-14-6-5-13-8-11(14,3)4/h13H,5-6,8-9H2,1-4H3. The van der Waals surface area contributed by atoms with Crippen molar-refractivity contribution in [3.05, 3.63) is 0 Å². The molecule has 0 saturated carbocycles. The average molecular weight is 195 g/mol.